The molecule has 6 rings (SSSR count). The number of amides is 1. The van der Waals surface area contributed by atoms with Crippen LogP contribution in [-0.4, -0.2) is 62.2 Å². The Hall–Kier alpha value is -6.94. The number of nitrogens with two attached hydrogens (primary N) is 1. The maximum Gasteiger partial charge on any atom is 0.326 e. The van der Waals surface area contributed by atoms with Gasteiger partial charge in [0.05, 0.1) is 33.1 Å². The number of nitrogens with one attached hydrogen (secondary N) is 1. The van der Waals surface area contributed by atoms with Crippen molar-refractivity contribution in [2.24, 2.45) is 17.6 Å². The van der Waals surface area contributed by atoms with Crippen molar-refractivity contribution in [3.63, 3.8) is 0 Å². The van der Waals surface area contributed by atoms with Crippen LogP contribution in [0.15, 0.2) is 120 Å². The molecule has 0 fully saturated rings. The van der Waals surface area contributed by atoms with Crippen molar-refractivity contribution in [3.05, 3.63) is 174 Å². The second-order valence-electron chi connectivity index (χ2n) is 18.6. The Kier molecular flexibility index (Phi) is 24.1. The van der Waals surface area contributed by atoms with Crippen molar-refractivity contribution in [3.8, 4) is 22.3 Å². The minimum atomic E-state index is -0.959. The van der Waals surface area contributed by atoms with Gasteiger partial charge >= 0.3 is 17.9 Å². The van der Waals surface area contributed by atoms with Gasteiger partial charge in [0, 0.05) is 87.7 Å². The van der Waals surface area contributed by atoms with E-state index in [1.807, 2.05) is 97.9 Å². The molecule has 2 aromatic carbocycles. The first-order valence-corrected chi connectivity index (χ1v) is 24.5. The third-order valence-corrected chi connectivity index (χ3v) is 12.4. The lowest BCUT2D eigenvalue weighted by Crippen LogP contribution is -2.40. The number of benzene rings is 2. The van der Waals surface area contributed by atoms with Gasteiger partial charge in [-0.2, -0.15) is 0 Å². The number of esters is 2. The van der Waals surface area contributed by atoms with E-state index in [-0.39, 0.29) is 55.1 Å². The maximum absolute atomic E-state index is 13.6. The van der Waals surface area contributed by atoms with Gasteiger partial charge in [-0.05, 0) is 122 Å². The normalized spacial score (nSPS) is 12.4. The lowest BCUT2D eigenvalue weighted by Gasteiger charge is -2.25. The molecular weight excluding hydrogens is 984 g/mol. The van der Waals surface area contributed by atoms with Gasteiger partial charge in [0.1, 0.15) is 12.1 Å². The van der Waals surface area contributed by atoms with Gasteiger partial charge in [0.15, 0.2) is 0 Å². The molecule has 0 bridgehead atoms. The Labute approximate surface area is 444 Å². The molecule has 4 heterocycles. The van der Waals surface area contributed by atoms with E-state index in [1.54, 1.807) is 55.4 Å². The molecule has 0 aliphatic carbocycles. The van der Waals surface area contributed by atoms with Crippen LogP contribution in [0.3, 0.4) is 0 Å². The Balaban J connectivity index is 0.000000321. The zero-order valence-corrected chi connectivity index (χ0v) is 44.5. The summed E-state index contributed by atoms with van der Waals surface area (Å²) in [4.78, 5) is 81.2. The van der Waals surface area contributed by atoms with Crippen LogP contribution in [0.5, 0.6) is 0 Å². The third-order valence-electron chi connectivity index (χ3n) is 11.8. The largest absolute Gasteiger partial charge is 0.480 e. The molecule has 74 heavy (non-hydrogen) atoms. The van der Waals surface area contributed by atoms with Crippen molar-refractivity contribution in [2.75, 3.05) is 14.2 Å². The second kappa shape index (κ2) is 29.1. The van der Waals surface area contributed by atoms with Gasteiger partial charge in [-0.25, -0.2) is 4.79 Å². The van der Waals surface area contributed by atoms with E-state index in [0.717, 1.165) is 50.1 Å². The molecule has 2 unspecified atom stereocenters. The number of aryl methyl sites for hydroxylation is 4. The van der Waals surface area contributed by atoms with Gasteiger partial charge < -0.3 is 34.8 Å². The standard InChI is InChI=1S/C28H32ClN3O4.C16H17ClN2O2.C12H17NO3.CH4/c1-17(2)11-24(32-10-9-18(3)12-25(32)33)28(35)31-23(14-26(34)36-5)20-13-21(16-30-15-20)27-19(4)7-6-8-22(27)29;1-10-4-3-5-13(17)16(10)12-6-11(8-19-9-12)14(18)7-15(20)21-2;1-8(2)6-10(12(15)16)13-5-4-9(3)7-11(13)14;/h6-10,12-13,15-17,23-24H,11,14H2,1-5H3,(H,31,35);3-6,8-9,14H,7,18H2,1-2H3;4-5,7-8,10H,6H2,1-3H3,(H,15,16);1H4/t23-,24?;14-;;/m00../s1. The molecule has 6 aromatic rings. The molecule has 4 N–H and O–H groups in total. The summed E-state index contributed by atoms with van der Waals surface area (Å²) in [5, 5.41) is 13.3. The van der Waals surface area contributed by atoms with Crippen molar-refractivity contribution in [1.82, 2.24) is 24.4 Å². The number of aliphatic carboxylic acids is 1. The zero-order chi connectivity index (χ0) is 54.1. The monoisotopic (exact) mass is 1050 g/mol. The maximum atomic E-state index is 13.6. The molecule has 0 spiro atoms. The number of hydrogen-bond acceptors (Lipinski definition) is 11. The fraction of sp³-hybridized carbons (Fsp3) is 0.368. The van der Waals surface area contributed by atoms with Crippen LogP contribution in [0.1, 0.15) is 118 Å². The summed E-state index contributed by atoms with van der Waals surface area (Å²) in [5.41, 5.74) is 14.0. The zero-order valence-electron chi connectivity index (χ0n) is 43.0. The smallest absolute Gasteiger partial charge is 0.326 e. The fourth-order valence-corrected chi connectivity index (χ4v) is 8.66. The highest BCUT2D eigenvalue weighted by molar-refractivity contribution is 6.34. The average molecular weight is 1050 g/mol. The van der Waals surface area contributed by atoms with Crippen molar-refractivity contribution < 1.29 is 33.8 Å². The number of rotatable bonds is 17. The van der Waals surface area contributed by atoms with Crippen molar-refractivity contribution >= 4 is 47.0 Å². The van der Waals surface area contributed by atoms with Crippen LogP contribution < -0.4 is 22.2 Å². The van der Waals surface area contributed by atoms with Gasteiger partial charge in [-0.15, -0.1) is 0 Å². The van der Waals surface area contributed by atoms with Gasteiger partial charge in [-0.1, -0.05) is 82.6 Å². The summed E-state index contributed by atoms with van der Waals surface area (Å²) in [6, 6.07) is 19.0. The number of carbonyl (C=O) groups is 4. The molecule has 15 nitrogen and oxygen atoms in total. The Bertz CT molecular complexity index is 2950. The van der Waals surface area contributed by atoms with Crippen LogP contribution in [0, 0.1) is 39.5 Å². The van der Waals surface area contributed by atoms with E-state index in [1.165, 1.54) is 35.5 Å². The van der Waals surface area contributed by atoms with E-state index >= 15 is 0 Å². The van der Waals surface area contributed by atoms with E-state index in [2.05, 4.69) is 20.0 Å². The topological polar surface area (TPSA) is 215 Å². The number of methoxy groups -OCH3 is 2. The third kappa shape index (κ3) is 17.6. The van der Waals surface area contributed by atoms with E-state index in [4.69, 9.17) is 38.8 Å². The van der Waals surface area contributed by atoms with Crippen LogP contribution in [-0.2, 0) is 28.7 Å². The molecule has 4 aromatic heterocycles. The first-order valence-electron chi connectivity index (χ1n) is 23.8. The number of aromatic nitrogens is 4. The first-order chi connectivity index (χ1) is 34.5. The average Bonchev–Trinajstić information content (AvgIpc) is 3.33. The van der Waals surface area contributed by atoms with Crippen molar-refractivity contribution in [2.45, 2.75) is 113 Å². The number of halogens is 2. The lowest BCUT2D eigenvalue weighted by molar-refractivity contribution is -0.142. The molecule has 0 aliphatic rings. The number of nitrogens with zero attached hydrogens (tertiary/aromatic N) is 4. The SMILES string of the molecule is C.COC(=O)C[C@H](N)c1cncc(-c2c(C)cccc2Cl)c1.COC(=O)C[C@H](NC(=O)C(CC(C)C)n1ccc(C)cc1=O)c1cncc(-c2c(C)cccc2Cl)c1.Cc1ccn(C(CC(C)C)C(=O)O)c(=O)c1. The summed E-state index contributed by atoms with van der Waals surface area (Å²) < 4.78 is 12.3. The number of hydrogen-bond donors (Lipinski definition) is 3. The first kappa shape index (κ1) is 61.4. The molecule has 0 radical (unpaired) electrons. The number of ether oxygens (including phenoxy) is 2. The van der Waals surface area contributed by atoms with Crippen LogP contribution in [0.2, 0.25) is 10.0 Å². The molecule has 0 saturated carbocycles. The minimum absolute atomic E-state index is 0. The minimum Gasteiger partial charge on any atom is -0.480 e. The molecule has 0 saturated heterocycles. The highest BCUT2D eigenvalue weighted by Crippen LogP contribution is 2.34. The summed E-state index contributed by atoms with van der Waals surface area (Å²) in [6.07, 6.45) is 10.8. The molecular formula is C57H70Cl2N6O9. The van der Waals surface area contributed by atoms with Gasteiger partial charge in [0.2, 0.25) is 5.91 Å². The highest BCUT2D eigenvalue weighted by atomic mass is 35.5. The quantitative estimate of drug-likeness (QED) is 0.0728. The molecule has 17 heteroatoms. The van der Waals surface area contributed by atoms with E-state index < -0.39 is 36.1 Å². The summed E-state index contributed by atoms with van der Waals surface area (Å²) in [7, 11) is 2.65. The van der Waals surface area contributed by atoms with E-state index in [0.29, 0.717) is 28.5 Å². The van der Waals surface area contributed by atoms with Crippen LogP contribution in [0.25, 0.3) is 22.3 Å². The lowest BCUT2D eigenvalue weighted by atomic mass is 9.97. The number of carboxylic acids is 1. The van der Waals surface area contributed by atoms with Crippen molar-refractivity contribution in [1.29, 1.82) is 0 Å². The van der Waals surface area contributed by atoms with Crippen LogP contribution in [0.4, 0.5) is 0 Å². The molecule has 0 aliphatic heterocycles. The Morgan fingerprint density at radius 3 is 1.51 bits per heavy atom. The number of pyridine rings is 4. The molecule has 396 valence electrons. The number of carbonyl (C=O) groups excluding carboxylic acids is 3. The van der Waals surface area contributed by atoms with Crippen LogP contribution >= 0.6 is 23.2 Å². The number of carboxylic acid groups (broad SMARTS) is 1. The highest BCUT2D eigenvalue weighted by Gasteiger charge is 2.28. The summed E-state index contributed by atoms with van der Waals surface area (Å²) >= 11 is 12.7. The summed E-state index contributed by atoms with van der Waals surface area (Å²) in [5.74, 6) is -1.76. The second-order valence-corrected chi connectivity index (χ2v) is 19.4. The molecule has 1 amide bonds. The van der Waals surface area contributed by atoms with E-state index in [9.17, 15) is 28.8 Å². The van der Waals surface area contributed by atoms with Gasteiger partial charge in [0.25, 0.3) is 11.1 Å². The van der Waals surface area contributed by atoms with Gasteiger partial charge in [-0.3, -0.25) is 33.9 Å². The predicted octanol–water partition coefficient (Wildman–Crippen LogP) is 10.9. The Morgan fingerprint density at radius 2 is 1.08 bits per heavy atom. The summed E-state index contributed by atoms with van der Waals surface area (Å²) in [6.45, 7) is 15.4. The Morgan fingerprint density at radius 1 is 0.649 bits per heavy atom. The fourth-order valence-electron chi connectivity index (χ4n) is 7.99. The molecule has 4 atom stereocenters. The predicted molar refractivity (Wildman–Crippen MR) is 292 cm³/mol.